The van der Waals surface area contributed by atoms with Crippen LogP contribution in [0.5, 0.6) is 0 Å². The van der Waals surface area contributed by atoms with Crippen LogP contribution < -0.4 is 5.73 Å². The highest BCUT2D eigenvalue weighted by Crippen LogP contribution is 2.36. The lowest BCUT2D eigenvalue weighted by atomic mass is 9.94. The van der Waals surface area contributed by atoms with Gasteiger partial charge in [0.1, 0.15) is 5.76 Å². The van der Waals surface area contributed by atoms with Gasteiger partial charge in [-0.15, -0.1) is 11.3 Å². The minimum atomic E-state index is 0.533. The summed E-state index contributed by atoms with van der Waals surface area (Å²) in [6.45, 7) is 0. The molecule has 0 aliphatic heterocycles. The molecule has 0 spiro atoms. The van der Waals surface area contributed by atoms with Gasteiger partial charge in [-0.2, -0.15) is 0 Å². The van der Waals surface area contributed by atoms with Crippen LogP contribution in [0.25, 0.3) is 10.4 Å². The number of thiophene rings is 1. The van der Waals surface area contributed by atoms with Crippen molar-refractivity contribution in [2.45, 2.75) is 44.9 Å². The van der Waals surface area contributed by atoms with E-state index in [9.17, 15) is 0 Å². The first kappa shape index (κ1) is 12.7. The molecule has 2 aromatic heterocycles. The van der Waals surface area contributed by atoms with Gasteiger partial charge in [-0.05, 0) is 17.4 Å². The van der Waals surface area contributed by atoms with Crippen LogP contribution in [0, 0.1) is 5.92 Å². The molecule has 1 aliphatic carbocycles. The maximum absolute atomic E-state index is 5.97. The highest BCUT2D eigenvalue weighted by molar-refractivity contribution is 7.13. The Labute approximate surface area is 117 Å². The van der Waals surface area contributed by atoms with Gasteiger partial charge in [-0.25, -0.2) is 0 Å². The van der Waals surface area contributed by atoms with Crippen LogP contribution in [-0.4, -0.2) is 5.16 Å². The molecule has 2 heterocycles. The minimum absolute atomic E-state index is 0.533. The van der Waals surface area contributed by atoms with E-state index in [1.54, 1.807) is 11.3 Å². The molecule has 0 unspecified atom stereocenters. The highest BCUT2D eigenvalue weighted by Gasteiger charge is 2.21. The molecule has 102 valence electrons. The standard InChI is InChI=1S/C15H20N2OS/c16-15-14(13-8-5-9-19-13)12(18-17-15)10-11-6-3-1-2-4-7-11/h5,8-9,11H,1-4,6-7,10H2,(H2,16,17). The van der Waals surface area contributed by atoms with Gasteiger partial charge in [0, 0.05) is 11.3 Å². The fourth-order valence-electron chi connectivity index (χ4n) is 2.99. The van der Waals surface area contributed by atoms with Crippen LogP contribution in [0.15, 0.2) is 22.0 Å². The summed E-state index contributed by atoms with van der Waals surface area (Å²) >= 11 is 1.70. The summed E-state index contributed by atoms with van der Waals surface area (Å²) in [5.41, 5.74) is 7.00. The zero-order chi connectivity index (χ0) is 13.1. The monoisotopic (exact) mass is 276 g/mol. The number of rotatable bonds is 3. The molecule has 3 rings (SSSR count). The van der Waals surface area contributed by atoms with Gasteiger partial charge in [0.2, 0.25) is 0 Å². The molecule has 0 bridgehead atoms. The van der Waals surface area contributed by atoms with Crippen LogP contribution in [-0.2, 0) is 6.42 Å². The van der Waals surface area contributed by atoms with Crippen molar-refractivity contribution in [2.24, 2.45) is 5.92 Å². The Hall–Kier alpha value is -1.29. The number of aromatic nitrogens is 1. The first-order valence-corrected chi connectivity index (χ1v) is 8.00. The number of hydrogen-bond donors (Lipinski definition) is 1. The summed E-state index contributed by atoms with van der Waals surface area (Å²) in [6.07, 6.45) is 9.07. The van der Waals surface area contributed by atoms with Gasteiger partial charge in [0.05, 0.1) is 5.56 Å². The average molecular weight is 276 g/mol. The second kappa shape index (κ2) is 5.78. The fraction of sp³-hybridized carbons (Fsp3) is 0.533. The maximum Gasteiger partial charge on any atom is 0.175 e. The number of nitrogens with two attached hydrogens (primary N) is 1. The first-order chi connectivity index (χ1) is 9.34. The van der Waals surface area contributed by atoms with Crippen LogP contribution in [0.4, 0.5) is 5.82 Å². The minimum Gasteiger partial charge on any atom is -0.380 e. The maximum atomic E-state index is 5.97. The van der Waals surface area contributed by atoms with Crippen LogP contribution >= 0.6 is 11.3 Å². The zero-order valence-corrected chi connectivity index (χ0v) is 11.9. The Balaban J connectivity index is 1.81. The average Bonchev–Trinajstić information content (AvgIpc) is 2.95. The number of nitrogens with zero attached hydrogens (tertiary/aromatic N) is 1. The molecule has 4 heteroatoms. The molecule has 0 aromatic carbocycles. The van der Waals surface area contributed by atoms with Crippen molar-refractivity contribution in [3.63, 3.8) is 0 Å². The normalized spacial score (nSPS) is 17.5. The third-order valence-corrected chi connectivity index (χ3v) is 4.89. The molecule has 0 atom stereocenters. The van der Waals surface area contributed by atoms with E-state index in [4.69, 9.17) is 10.3 Å². The second-order valence-corrected chi connectivity index (χ2v) is 6.35. The van der Waals surface area contributed by atoms with E-state index in [-0.39, 0.29) is 0 Å². The van der Waals surface area contributed by atoms with E-state index in [0.29, 0.717) is 5.82 Å². The highest BCUT2D eigenvalue weighted by atomic mass is 32.1. The Bertz CT molecular complexity index is 510. The Morgan fingerprint density at radius 2 is 2.05 bits per heavy atom. The summed E-state index contributed by atoms with van der Waals surface area (Å²) in [5, 5.41) is 6.04. The van der Waals surface area contributed by atoms with E-state index in [2.05, 4.69) is 16.6 Å². The first-order valence-electron chi connectivity index (χ1n) is 7.12. The largest absolute Gasteiger partial charge is 0.380 e. The summed E-state index contributed by atoms with van der Waals surface area (Å²) in [6, 6.07) is 4.13. The predicted molar refractivity (Wildman–Crippen MR) is 79.1 cm³/mol. The van der Waals surface area contributed by atoms with Gasteiger partial charge in [0.25, 0.3) is 0 Å². The lowest BCUT2D eigenvalue weighted by Gasteiger charge is -2.12. The topological polar surface area (TPSA) is 52.0 Å². The summed E-state index contributed by atoms with van der Waals surface area (Å²) in [7, 11) is 0. The van der Waals surface area contributed by atoms with Crippen molar-refractivity contribution in [3.8, 4) is 10.4 Å². The molecule has 1 fully saturated rings. The Morgan fingerprint density at radius 3 is 2.74 bits per heavy atom. The van der Waals surface area contributed by atoms with Crippen molar-refractivity contribution in [2.75, 3.05) is 5.73 Å². The molecule has 1 saturated carbocycles. The smallest absolute Gasteiger partial charge is 0.175 e. The molecule has 19 heavy (non-hydrogen) atoms. The van der Waals surface area contributed by atoms with Crippen LogP contribution in [0.2, 0.25) is 0 Å². The van der Waals surface area contributed by atoms with Crippen LogP contribution in [0.1, 0.15) is 44.3 Å². The van der Waals surface area contributed by atoms with E-state index in [0.717, 1.165) is 23.7 Å². The Kier molecular flexibility index (Phi) is 3.87. The number of hydrogen-bond acceptors (Lipinski definition) is 4. The van der Waals surface area contributed by atoms with Crippen molar-refractivity contribution in [1.82, 2.24) is 5.16 Å². The van der Waals surface area contributed by atoms with Crippen molar-refractivity contribution < 1.29 is 4.52 Å². The molecule has 0 saturated heterocycles. The van der Waals surface area contributed by atoms with Gasteiger partial charge >= 0.3 is 0 Å². The summed E-state index contributed by atoms with van der Waals surface area (Å²) < 4.78 is 5.49. The van der Waals surface area contributed by atoms with Crippen LogP contribution in [0.3, 0.4) is 0 Å². The summed E-state index contributed by atoms with van der Waals surface area (Å²) in [4.78, 5) is 1.17. The lowest BCUT2D eigenvalue weighted by molar-refractivity contribution is 0.347. The van der Waals surface area contributed by atoms with Crippen molar-refractivity contribution in [1.29, 1.82) is 0 Å². The third-order valence-electron chi connectivity index (χ3n) is 4.01. The molecule has 0 amide bonds. The molecular weight excluding hydrogens is 256 g/mol. The van der Waals surface area contributed by atoms with E-state index in [1.165, 1.54) is 43.4 Å². The van der Waals surface area contributed by atoms with E-state index in [1.807, 2.05) is 6.07 Å². The van der Waals surface area contributed by atoms with Gasteiger partial charge in [-0.3, -0.25) is 0 Å². The fourth-order valence-corrected chi connectivity index (χ4v) is 3.79. The number of nitrogen functional groups attached to an aromatic ring is 1. The third kappa shape index (κ3) is 2.84. The van der Waals surface area contributed by atoms with Gasteiger partial charge in [0.15, 0.2) is 5.82 Å². The van der Waals surface area contributed by atoms with E-state index < -0.39 is 0 Å². The molecule has 1 aliphatic rings. The molecule has 2 aromatic rings. The molecule has 2 N–H and O–H groups in total. The van der Waals surface area contributed by atoms with Crippen molar-refractivity contribution in [3.05, 3.63) is 23.3 Å². The van der Waals surface area contributed by atoms with Gasteiger partial charge in [-0.1, -0.05) is 49.7 Å². The van der Waals surface area contributed by atoms with Crippen molar-refractivity contribution >= 4 is 17.2 Å². The molecule has 0 radical (unpaired) electrons. The lowest BCUT2D eigenvalue weighted by Crippen LogP contribution is -2.03. The molecular formula is C15H20N2OS. The Morgan fingerprint density at radius 1 is 1.26 bits per heavy atom. The second-order valence-electron chi connectivity index (χ2n) is 5.41. The zero-order valence-electron chi connectivity index (χ0n) is 11.1. The predicted octanol–water partition coefficient (Wildman–Crippen LogP) is 4.50. The quantitative estimate of drug-likeness (QED) is 0.840. The van der Waals surface area contributed by atoms with E-state index >= 15 is 0 Å². The molecule has 3 nitrogen and oxygen atoms in total. The summed E-state index contributed by atoms with van der Waals surface area (Å²) in [5.74, 6) is 2.24. The number of anilines is 1. The SMILES string of the molecule is Nc1noc(CC2CCCCCC2)c1-c1cccs1. The van der Waals surface area contributed by atoms with Gasteiger partial charge < -0.3 is 10.3 Å².